The van der Waals surface area contributed by atoms with Gasteiger partial charge in [0.15, 0.2) is 5.82 Å². The Balaban J connectivity index is 1.98. The Morgan fingerprint density at radius 3 is 3.12 bits per heavy atom. The summed E-state index contributed by atoms with van der Waals surface area (Å²) in [4.78, 5) is 14.2. The largest absolute Gasteiger partial charge is 0.481 e. The second kappa shape index (κ2) is 5.19. The molecular formula is C9H15N5O3. The number of morpholine rings is 1. The summed E-state index contributed by atoms with van der Waals surface area (Å²) in [6.07, 6.45) is 0.0697. The normalized spacial score (nSPS) is 21.6. The third-order valence-corrected chi connectivity index (χ3v) is 2.65. The quantitative estimate of drug-likeness (QED) is 0.714. The van der Waals surface area contributed by atoms with Crippen molar-refractivity contribution in [2.45, 2.75) is 19.0 Å². The molecule has 8 nitrogen and oxygen atoms in total. The second-order valence-corrected chi connectivity index (χ2v) is 3.99. The van der Waals surface area contributed by atoms with E-state index in [1.165, 1.54) is 4.80 Å². The Bertz CT molecular complexity index is 394. The number of aliphatic carboxylic acids is 1. The highest BCUT2D eigenvalue weighted by atomic mass is 16.5. The van der Waals surface area contributed by atoms with Crippen LogP contribution in [0.15, 0.2) is 0 Å². The number of hydrogen-bond acceptors (Lipinski definition) is 6. The number of rotatable bonds is 4. The van der Waals surface area contributed by atoms with Gasteiger partial charge in [0.05, 0.1) is 33.2 Å². The fourth-order valence-corrected chi connectivity index (χ4v) is 1.86. The van der Waals surface area contributed by atoms with Gasteiger partial charge in [-0.05, 0) is 5.21 Å². The lowest BCUT2D eigenvalue weighted by atomic mass is 10.1. The predicted molar refractivity (Wildman–Crippen MR) is 56.1 cm³/mol. The first-order valence-electron chi connectivity index (χ1n) is 5.41. The lowest BCUT2D eigenvalue weighted by Crippen LogP contribution is -2.46. The van der Waals surface area contributed by atoms with Crippen LogP contribution in [0.2, 0.25) is 0 Å². The maximum atomic E-state index is 10.7. The topological polar surface area (TPSA) is 93.4 Å². The van der Waals surface area contributed by atoms with Gasteiger partial charge in [0.2, 0.25) is 0 Å². The number of carbonyl (C=O) groups is 1. The van der Waals surface area contributed by atoms with Gasteiger partial charge in [-0.1, -0.05) is 0 Å². The molecule has 2 rings (SSSR count). The fraction of sp³-hybridized carbons (Fsp3) is 0.778. The summed E-state index contributed by atoms with van der Waals surface area (Å²) in [5.41, 5.74) is 0. The molecule has 0 bridgehead atoms. The summed E-state index contributed by atoms with van der Waals surface area (Å²) in [5, 5.41) is 20.6. The predicted octanol–water partition coefficient (Wildman–Crippen LogP) is -1.11. The number of carboxylic acid groups (broad SMARTS) is 1. The summed E-state index contributed by atoms with van der Waals surface area (Å²) in [6, 6.07) is -0.120. The van der Waals surface area contributed by atoms with Crippen LogP contribution in [0, 0.1) is 0 Å². The molecule has 0 saturated carbocycles. The van der Waals surface area contributed by atoms with E-state index in [1.54, 1.807) is 7.05 Å². The molecule has 1 saturated heterocycles. The van der Waals surface area contributed by atoms with Crippen molar-refractivity contribution in [1.82, 2.24) is 25.1 Å². The van der Waals surface area contributed by atoms with Gasteiger partial charge in [-0.2, -0.15) is 4.80 Å². The number of carboxylic acids is 1. The van der Waals surface area contributed by atoms with Gasteiger partial charge in [0.1, 0.15) is 0 Å². The molecule has 1 aromatic heterocycles. The van der Waals surface area contributed by atoms with Crippen LogP contribution in [-0.2, 0) is 23.1 Å². The van der Waals surface area contributed by atoms with Crippen LogP contribution in [0.25, 0.3) is 0 Å². The molecular weight excluding hydrogens is 226 g/mol. The average molecular weight is 241 g/mol. The van der Waals surface area contributed by atoms with Crippen molar-refractivity contribution in [2.24, 2.45) is 7.05 Å². The molecule has 1 fully saturated rings. The number of aryl methyl sites for hydroxylation is 1. The molecule has 0 aromatic carbocycles. The first-order valence-corrected chi connectivity index (χ1v) is 5.41. The second-order valence-electron chi connectivity index (χ2n) is 3.99. The van der Waals surface area contributed by atoms with Crippen LogP contribution in [0.3, 0.4) is 0 Å². The molecule has 8 heteroatoms. The molecule has 1 aliphatic heterocycles. The smallest absolute Gasteiger partial charge is 0.305 e. The van der Waals surface area contributed by atoms with Crippen molar-refractivity contribution < 1.29 is 14.6 Å². The van der Waals surface area contributed by atoms with E-state index in [0.29, 0.717) is 32.1 Å². The van der Waals surface area contributed by atoms with Gasteiger partial charge >= 0.3 is 5.97 Å². The van der Waals surface area contributed by atoms with E-state index in [2.05, 4.69) is 15.4 Å². The van der Waals surface area contributed by atoms with Gasteiger partial charge in [0.25, 0.3) is 0 Å². The summed E-state index contributed by atoms with van der Waals surface area (Å²) >= 11 is 0. The van der Waals surface area contributed by atoms with Gasteiger partial charge < -0.3 is 9.84 Å². The van der Waals surface area contributed by atoms with E-state index in [1.807, 2.05) is 4.90 Å². The third kappa shape index (κ3) is 3.21. The van der Waals surface area contributed by atoms with E-state index in [4.69, 9.17) is 9.84 Å². The Morgan fingerprint density at radius 2 is 2.47 bits per heavy atom. The lowest BCUT2D eigenvalue weighted by Gasteiger charge is -2.33. The first-order chi connectivity index (χ1) is 8.15. The zero-order chi connectivity index (χ0) is 12.3. The van der Waals surface area contributed by atoms with Crippen LogP contribution >= 0.6 is 0 Å². The number of tetrazole rings is 1. The average Bonchev–Trinajstić information content (AvgIpc) is 2.66. The Labute approximate surface area is 98.2 Å². The number of ether oxygens (including phenoxy) is 1. The summed E-state index contributed by atoms with van der Waals surface area (Å²) in [5.74, 6) is -0.220. The minimum atomic E-state index is -0.822. The van der Waals surface area contributed by atoms with Crippen molar-refractivity contribution in [2.75, 3.05) is 19.8 Å². The number of hydrogen-bond donors (Lipinski definition) is 1. The maximum absolute atomic E-state index is 10.7. The maximum Gasteiger partial charge on any atom is 0.305 e. The first kappa shape index (κ1) is 11.9. The molecule has 1 atom stereocenters. The Kier molecular flexibility index (Phi) is 3.64. The van der Waals surface area contributed by atoms with Gasteiger partial charge in [-0.15, -0.1) is 10.2 Å². The molecule has 2 heterocycles. The summed E-state index contributed by atoms with van der Waals surface area (Å²) in [7, 11) is 1.70. The minimum absolute atomic E-state index is 0.0697. The molecule has 17 heavy (non-hydrogen) atoms. The summed E-state index contributed by atoms with van der Waals surface area (Å²) < 4.78 is 5.29. The van der Waals surface area contributed by atoms with E-state index in [9.17, 15) is 4.79 Å². The molecule has 1 aliphatic rings. The highest BCUT2D eigenvalue weighted by molar-refractivity contribution is 5.67. The molecule has 0 amide bonds. The standard InChI is InChI=1S/C9H15N5O3/c1-13-11-8(10-12-13)5-14-2-3-17-6-7(14)4-9(15)16/h7H,2-6H2,1H3,(H,15,16). The molecule has 0 radical (unpaired) electrons. The van der Waals surface area contributed by atoms with E-state index in [-0.39, 0.29) is 12.5 Å². The van der Waals surface area contributed by atoms with Gasteiger partial charge in [0, 0.05) is 12.6 Å². The van der Waals surface area contributed by atoms with Gasteiger partial charge in [-0.25, -0.2) is 0 Å². The molecule has 1 aromatic rings. The Hall–Kier alpha value is -1.54. The number of aromatic nitrogens is 4. The monoisotopic (exact) mass is 241 g/mol. The van der Waals surface area contributed by atoms with Gasteiger partial charge in [-0.3, -0.25) is 9.69 Å². The zero-order valence-corrected chi connectivity index (χ0v) is 9.61. The van der Waals surface area contributed by atoms with Crippen molar-refractivity contribution >= 4 is 5.97 Å². The van der Waals surface area contributed by atoms with Crippen molar-refractivity contribution in [3.05, 3.63) is 5.82 Å². The summed E-state index contributed by atoms with van der Waals surface area (Å²) in [6.45, 7) is 2.24. The minimum Gasteiger partial charge on any atom is -0.481 e. The van der Waals surface area contributed by atoms with Crippen LogP contribution in [0.4, 0.5) is 0 Å². The molecule has 0 aliphatic carbocycles. The molecule has 0 spiro atoms. The molecule has 1 unspecified atom stereocenters. The van der Waals surface area contributed by atoms with Crippen LogP contribution in [0.1, 0.15) is 12.2 Å². The van der Waals surface area contributed by atoms with Crippen molar-refractivity contribution in [1.29, 1.82) is 0 Å². The number of nitrogens with zero attached hydrogens (tertiary/aromatic N) is 5. The fourth-order valence-electron chi connectivity index (χ4n) is 1.86. The van der Waals surface area contributed by atoms with Crippen LogP contribution in [0.5, 0.6) is 0 Å². The SMILES string of the molecule is Cn1nnc(CN2CCOCC2CC(=O)O)n1. The highest BCUT2D eigenvalue weighted by Gasteiger charge is 2.26. The molecule has 1 N–H and O–H groups in total. The highest BCUT2D eigenvalue weighted by Crippen LogP contribution is 2.12. The van der Waals surface area contributed by atoms with Crippen molar-refractivity contribution in [3.8, 4) is 0 Å². The van der Waals surface area contributed by atoms with E-state index in [0.717, 1.165) is 0 Å². The Morgan fingerprint density at radius 1 is 1.65 bits per heavy atom. The van der Waals surface area contributed by atoms with E-state index >= 15 is 0 Å². The zero-order valence-electron chi connectivity index (χ0n) is 9.61. The molecule has 94 valence electrons. The van der Waals surface area contributed by atoms with Crippen molar-refractivity contribution in [3.63, 3.8) is 0 Å². The van der Waals surface area contributed by atoms with E-state index < -0.39 is 5.97 Å². The van der Waals surface area contributed by atoms with Crippen LogP contribution in [-0.4, -0.2) is 62.0 Å². The van der Waals surface area contributed by atoms with Crippen LogP contribution < -0.4 is 0 Å². The lowest BCUT2D eigenvalue weighted by molar-refractivity contribution is -0.140. The third-order valence-electron chi connectivity index (χ3n) is 2.65.